The Balaban J connectivity index is 2.47. The third-order valence-corrected chi connectivity index (χ3v) is 3.58. The van der Waals surface area contributed by atoms with Gasteiger partial charge < -0.3 is 15.7 Å². The number of rotatable bonds is 4. The Morgan fingerprint density at radius 2 is 2.24 bits per heavy atom. The van der Waals surface area contributed by atoms with Crippen molar-refractivity contribution < 1.29 is 9.90 Å². The van der Waals surface area contributed by atoms with Crippen LogP contribution < -0.4 is 10.6 Å². The molecule has 92 valence electrons. The predicted octanol–water partition coefficient (Wildman–Crippen LogP) is 0.851. The highest BCUT2D eigenvalue weighted by Crippen LogP contribution is 2.37. The lowest BCUT2D eigenvalue weighted by Crippen LogP contribution is -2.45. The van der Waals surface area contributed by atoms with E-state index < -0.39 is 11.5 Å². The molecule has 1 aromatic rings. The predicted molar refractivity (Wildman–Crippen MR) is 65.9 cm³/mol. The van der Waals surface area contributed by atoms with Crippen LogP contribution in [0.1, 0.15) is 23.1 Å². The first-order valence-electron chi connectivity index (χ1n) is 5.83. The van der Waals surface area contributed by atoms with Crippen molar-refractivity contribution in [2.75, 3.05) is 14.1 Å². The molecule has 1 aromatic carbocycles. The molecule has 0 bridgehead atoms. The fourth-order valence-corrected chi connectivity index (χ4v) is 2.60. The Labute approximate surface area is 101 Å². The van der Waals surface area contributed by atoms with Crippen molar-refractivity contribution in [1.29, 1.82) is 0 Å². The molecule has 17 heavy (non-hydrogen) atoms. The lowest BCUT2D eigenvalue weighted by molar-refractivity contribution is -0.145. The molecule has 0 spiro atoms. The van der Waals surface area contributed by atoms with Crippen LogP contribution >= 0.6 is 0 Å². The maximum atomic E-state index is 11.5. The number of carboxylic acids is 1. The van der Waals surface area contributed by atoms with E-state index in [0.29, 0.717) is 6.42 Å². The number of aryl methyl sites for hydroxylation is 1. The highest BCUT2D eigenvalue weighted by Gasteiger charge is 2.44. The minimum Gasteiger partial charge on any atom is -0.480 e. The van der Waals surface area contributed by atoms with Gasteiger partial charge in [0.2, 0.25) is 0 Å². The zero-order chi connectivity index (χ0) is 12.5. The van der Waals surface area contributed by atoms with Crippen molar-refractivity contribution >= 4 is 5.97 Å². The smallest absolute Gasteiger partial charge is 0.328 e. The first-order chi connectivity index (χ1) is 8.14. The molecule has 0 saturated carbocycles. The maximum Gasteiger partial charge on any atom is 0.328 e. The molecular formula is C13H18N2O2. The molecule has 0 amide bonds. The molecule has 0 radical (unpaired) electrons. The number of carboxylic acid groups (broad SMARTS) is 1. The number of fused-ring (bicyclic) bond motifs is 1. The number of hydrogen-bond acceptors (Lipinski definition) is 3. The molecule has 1 unspecified atom stereocenters. The van der Waals surface area contributed by atoms with Gasteiger partial charge in [-0.1, -0.05) is 18.2 Å². The normalized spacial score (nSPS) is 22.5. The van der Waals surface area contributed by atoms with E-state index in [9.17, 15) is 9.90 Å². The Bertz CT molecular complexity index is 445. The van der Waals surface area contributed by atoms with Crippen LogP contribution in [0.4, 0.5) is 0 Å². The standard InChI is InChI=1S/C13H18N2O2/c1-14-8-9-3-4-10-5-6-13(15-2,12(16)17)11(10)7-9/h3-4,7,14-15H,5-6,8H2,1-2H3,(H,16,17). The Kier molecular flexibility index (Phi) is 3.17. The van der Waals surface area contributed by atoms with Crippen LogP contribution in [0.15, 0.2) is 18.2 Å². The summed E-state index contributed by atoms with van der Waals surface area (Å²) < 4.78 is 0. The van der Waals surface area contributed by atoms with E-state index in [1.165, 1.54) is 0 Å². The molecule has 1 aliphatic rings. The lowest BCUT2D eigenvalue weighted by Gasteiger charge is -2.25. The van der Waals surface area contributed by atoms with Crippen LogP contribution in [-0.4, -0.2) is 25.2 Å². The van der Waals surface area contributed by atoms with Crippen molar-refractivity contribution in [1.82, 2.24) is 10.6 Å². The van der Waals surface area contributed by atoms with Crippen molar-refractivity contribution in [3.63, 3.8) is 0 Å². The molecule has 1 aliphatic carbocycles. The first-order valence-corrected chi connectivity index (χ1v) is 5.83. The Hall–Kier alpha value is -1.39. The average molecular weight is 234 g/mol. The number of likely N-dealkylation sites (N-methyl/N-ethyl adjacent to an activating group) is 1. The number of nitrogens with one attached hydrogen (secondary N) is 2. The molecule has 4 heteroatoms. The molecule has 1 atom stereocenters. The highest BCUT2D eigenvalue weighted by atomic mass is 16.4. The molecular weight excluding hydrogens is 216 g/mol. The second kappa shape index (κ2) is 4.47. The van der Waals surface area contributed by atoms with E-state index >= 15 is 0 Å². The maximum absolute atomic E-state index is 11.5. The summed E-state index contributed by atoms with van der Waals surface area (Å²) in [6.45, 7) is 0.757. The molecule has 0 aromatic heterocycles. The van der Waals surface area contributed by atoms with Gasteiger partial charge in [-0.15, -0.1) is 0 Å². The first kappa shape index (κ1) is 12.1. The van der Waals surface area contributed by atoms with Gasteiger partial charge in [-0.3, -0.25) is 0 Å². The summed E-state index contributed by atoms with van der Waals surface area (Å²) >= 11 is 0. The molecule has 0 aliphatic heterocycles. The fourth-order valence-electron chi connectivity index (χ4n) is 2.60. The minimum absolute atomic E-state index is 0.622. The van der Waals surface area contributed by atoms with Gasteiger partial charge in [-0.05, 0) is 43.6 Å². The van der Waals surface area contributed by atoms with Gasteiger partial charge in [0.05, 0.1) is 0 Å². The second-order valence-corrected chi connectivity index (χ2v) is 4.48. The van der Waals surface area contributed by atoms with Crippen molar-refractivity contribution in [2.24, 2.45) is 0 Å². The van der Waals surface area contributed by atoms with Crippen LogP contribution in [0.25, 0.3) is 0 Å². The summed E-state index contributed by atoms with van der Waals surface area (Å²) in [6.07, 6.45) is 1.44. The molecule has 4 nitrogen and oxygen atoms in total. The summed E-state index contributed by atoms with van der Waals surface area (Å²) in [4.78, 5) is 11.5. The molecule has 0 heterocycles. The SMILES string of the molecule is CNCc1ccc2c(c1)C(NC)(C(=O)O)CC2. The van der Waals surface area contributed by atoms with E-state index in [0.717, 1.165) is 29.7 Å². The van der Waals surface area contributed by atoms with Crippen LogP contribution in [0, 0.1) is 0 Å². The second-order valence-electron chi connectivity index (χ2n) is 4.48. The van der Waals surface area contributed by atoms with Gasteiger partial charge in [-0.25, -0.2) is 4.79 Å². The van der Waals surface area contributed by atoms with Crippen molar-refractivity contribution in [3.05, 3.63) is 34.9 Å². The third-order valence-electron chi connectivity index (χ3n) is 3.58. The summed E-state index contributed by atoms with van der Waals surface area (Å²) in [5, 5.41) is 15.5. The molecule has 3 N–H and O–H groups in total. The Morgan fingerprint density at radius 1 is 1.47 bits per heavy atom. The van der Waals surface area contributed by atoms with E-state index in [4.69, 9.17) is 0 Å². The Morgan fingerprint density at radius 3 is 2.82 bits per heavy atom. The van der Waals surface area contributed by atoms with Gasteiger partial charge in [0.1, 0.15) is 5.54 Å². The van der Waals surface area contributed by atoms with E-state index in [-0.39, 0.29) is 0 Å². The zero-order valence-electron chi connectivity index (χ0n) is 10.2. The van der Waals surface area contributed by atoms with Crippen molar-refractivity contribution in [2.45, 2.75) is 24.9 Å². The van der Waals surface area contributed by atoms with Crippen LogP contribution in [-0.2, 0) is 23.3 Å². The zero-order valence-corrected chi connectivity index (χ0v) is 10.2. The highest BCUT2D eigenvalue weighted by molar-refractivity contribution is 5.82. The largest absolute Gasteiger partial charge is 0.480 e. The number of hydrogen-bond donors (Lipinski definition) is 3. The number of benzene rings is 1. The van der Waals surface area contributed by atoms with Gasteiger partial charge in [0, 0.05) is 6.54 Å². The summed E-state index contributed by atoms with van der Waals surface area (Å²) in [5.74, 6) is -0.791. The molecule has 0 fully saturated rings. The van der Waals surface area contributed by atoms with Gasteiger partial charge in [0.25, 0.3) is 0 Å². The molecule has 0 saturated heterocycles. The van der Waals surface area contributed by atoms with Gasteiger partial charge in [-0.2, -0.15) is 0 Å². The van der Waals surface area contributed by atoms with Gasteiger partial charge in [0.15, 0.2) is 0 Å². The average Bonchev–Trinajstić information content (AvgIpc) is 2.69. The minimum atomic E-state index is -0.904. The summed E-state index contributed by atoms with van der Waals surface area (Å²) in [6, 6.07) is 6.11. The van der Waals surface area contributed by atoms with Gasteiger partial charge >= 0.3 is 5.97 Å². The summed E-state index contributed by atoms with van der Waals surface area (Å²) in [5.41, 5.74) is 2.27. The monoisotopic (exact) mass is 234 g/mol. The third kappa shape index (κ3) is 1.83. The van der Waals surface area contributed by atoms with Crippen LogP contribution in [0.5, 0.6) is 0 Å². The number of carbonyl (C=O) groups is 1. The van der Waals surface area contributed by atoms with Crippen molar-refractivity contribution in [3.8, 4) is 0 Å². The van der Waals surface area contributed by atoms with E-state index in [2.05, 4.69) is 16.7 Å². The number of aliphatic carboxylic acids is 1. The topological polar surface area (TPSA) is 61.4 Å². The van der Waals surface area contributed by atoms with Crippen LogP contribution in [0.3, 0.4) is 0 Å². The molecule has 2 rings (SSSR count). The lowest BCUT2D eigenvalue weighted by atomic mass is 9.91. The van der Waals surface area contributed by atoms with E-state index in [1.807, 2.05) is 19.2 Å². The van der Waals surface area contributed by atoms with Crippen LogP contribution in [0.2, 0.25) is 0 Å². The quantitative estimate of drug-likeness (QED) is 0.723. The van der Waals surface area contributed by atoms with E-state index in [1.54, 1.807) is 7.05 Å². The fraction of sp³-hybridized carbons (Fsp3) is 0.462. The summed E-state index contributed by atoms with van der Waals surface area (Å²) in [7, 11) is 3.60.